The predicted octanol–water partition coefficient (Wildman–Crippen LogP) is 3.60. The Hall–Kier alpha value is -1.35. The van der Waals surface area contributed by atoms with Crippen molar-refractivity contribution in [3.05, 3.63) is 35.9 Å². The first-order valence-electron chi connectivity index (χ1n) is 8.73. The van der Waals surface area contributed by atoms with Gasteiger partial charge in [0.05, 0.1) is 0 Å². The Morgan fingerprint density at radius 3 is 2.68 bits per heavy atom. The van der Waals surface area contributed by atoms with E-state index in [9.17, 15) is 4.79 Å². The van der Waals surface area contributed by atoms with E-state index in [4.69, 9.17) is 0 Å². The molecule has 0 radical (unpaired) electrons. The van der Waals surface area contributed by atoms with Gasteiger partial charge < -0.3 is 10.2 Å². The topological polar surface area (TPSA) is 32.3 Å². The van der Waals surface area contributed by atoms with Crippen LogP contribution < -0.4 is 5.32 Å². The molecular formula is C19H30N2O. The van der Waals surface area contributed by atoms with E-state index in [1.54, 1.807) is 0 Å². The molecule has 3 nitrogen and oxygen atoms in total. The molecule has 0 heterocycles. The number of hydrogen-bond acceptors (Lipinski definition) is 2. The number of carbonyl (C=O) groups excluding carboxylic acids is 1. The summed E-state index contributed by atoms with van der Waals surface area (Å²) in [5.74, 6) is 1.04. The zero-order valence-corrected chi connectivity index (χ0v) is 13.9. The predicted molar refractivity (Wildman–Crippen MR) is 91.6 cm³/mol. The molecule has 0 bridgehead atoms. The third-order valence-electron chi connectivity index (χ3n) is 4.59. The first-order valence-corrected chi connectivity index (χ1v) is 8.73. The molecule has 0 aliphatic heterocycles. The minimum atomic E-state index is 0.234. The van der Waals surface area contributed by atoms with Crippen molar-refractivity contribution >= 4 is 5.91 Å². The zero-order chi connectivity index (χ0) is 15.6. The standard InChI is InChI=1S/C19H30N2O/c1-21(16-18-10-3-2-4-11-18)15-7-14-20-19(22)13-12-17-8-5-6-9-17/h2-4,10-11,17H,5-9,12-16H2,1H3,(H,20,22). The van der Waals surface area contributed by atoms with E-state index in [2.05, 4.69) is 41.5 Å². The molecule has 1 saturated carbocycles. The Morgan fingerprint density at radius 2 is 1.95 bits per heavy atom. The van der Waals surface area contributed by atoms with Crippen molar-refractivity contribution in [2.45, 2.75) is 51.5 Å². The van der Waals surface area contributed by atoms with Crippen molar-refractivity contribution in [2.75, 3.05) is 20.1 Å². The fourth-order valence-electron chi connectivity index (χ4n) is 3.27. The largest absolute Gasteiger partial charge is 0.356 e. The maximum absolute atomic E-state index is 11.8. The quantitative estimate of drug-likeness (QED) is 0.707. The minimum Gasteiger partial charge on any atom is -0.356 e. The molecule has 0 atom stereocenters. The van der Waals surface area contributed by atoms with Gasteiger partial charge in [-0.1, -0.05) is 56.0 Å². The van der Waals surface area contributed by atoms with Gasteiger partial charge in [0, 0.05) is 19.5 Å². The van der Waals surface area contributed by atoms with Crippen molar-refractivity contribution in [1.29, 1.82) is 0 Å². The number of benzene rings is 1. The molecule has 2 rings (SSSR count). The summed E-state index contributed by atoms with van der Waals surface area (Å²) in [4.78, 5) is 14.1. The van der Waals surface area contributed by atoms with E-state index in [1.165, 1.54) is 31.2 Å². The highest BCUT2D eigenvalue weighted by atomic mass is 16.1. The number of amides is 1. The van der Waals surface area contributed by atoms with Crippen LogP contribution in [-0.4, -0.2) is 30.9 Å². The van der Waals surface area contributed by atoms with Crippen molar-refractivity contribution in [3.8, 4) is 0 Å². The third-order valence-corrected chi connectivity index (χ3v) is 4.59. The van der Waals surface area contributed by atoms with Crippen LogP contribution in [0.2, 0.25) is 0 Å². The van der Waals surface area contributed by atoms with Gasteiger partial charge in [0.25, 0.3) is 0 Å². The normalized spacial score (nSPS) is 15.4. The highest BCUT2D eigenvalue weighted by Gasteiger charge is 2.15. The number of carbonyl (C=O) groups is 1. The molecule has 3 heteroatoms. The lowest BCUT2D eigenvalue weighted by Gasteiger charge is -2.16. The minimum absolute atomic E-state index is 0.234. The number of rotatable bonds is 9. The average molecular weight is 302 g/mol. The second-order valence-corrected chi connectivity index (χ2v) is 6.62. The highest BCUT2D eigenvalue weighted by Crippen LogP contribution is 2.28. The van der Waals surface area contributed by atoms with Crippen molar-refractivity contribution in [3.63, 3.8) is 0 Å². The highest BCUT2D eigenvalue weighted by molar-refractivity contribution is 5.75. The first-order chi connectivity index (χ1) is 10.7. The number of hydrogen-bond donors (Lipinski definition) is 1. The molecule has 1 aliphatic rings. The van der Waals surface area contributed by atoms with Crippen LogP contribution in [0.5, 0.6) is 0 Å². The summed E-state index contributed by atoms with van der Waals surface area (Å²) in [6.07, 6.45) is 8.19. The molecular weight excluding hydrogens is 272 g/mol. The maximum atomic E-state index is 11.8. The Balaban J connectivity index is 1.50. The fraction of sp³-hybridized carbons (Fsp3) is 0.632. The lowest BCUT2D eigenvalue weighted by Crippen LogP contribution is -2.28. The monoisotopic (exact) mass is 302 g/mol. The van der Waals surface area contributed by atoms with Crippen molar-refractivity contribution in [1.82, 2.24) is 10.2 Å². The second-order valence-electron chi connectivity index (χ2n) is 6.62. The zero-order valence-electron chi connectivity index (χ0n) is 13.9. The molecule has 1 amide bonds. The lowest BCUT2D eigenvalue weighted by atomic mass is 10.0. The molecule has 0 unspecified atom stereocenters. The number of nitrogens with one attached hydrogen (secondary N) is 1. The van der Waals surface area contributed by atoms with E-state index < -0.39 is 0 Å². The van der Waals surface area contributed by atoms with Gasteiger partial charge in [-0.05, 0) is 37.9 Å². The summed E-state index contributed by atoms with van der Waals surface area (Å²) >= 11 is 0. The molecule has 0 spiro atoms. The van der Waals surface area contributed by atoms with Crippen LogP contribution in [0, 0.1) is 5.92 Å². The average Bonchev–Trinajstić information content (AvgIpc) is 3.04. The van der Waals surface area contributed by atoms with Gasteiger partial charge in [-0.3, -0.25) is 4.79 Å². The van der Waals surface area contributed by atoms with Gasteiger partial charge in [0.15, 0.2) is 0 Å². The van der Waals surface area contributed by atoms with E-state index in [0.717, 1.165) is 38.4 Å². The van der Waals surface area contributed by atoms with E-state index >= 15 is 0 Å². The summed E-state index contributed by atoms with van der Waals surface area (Å²) in [5.41, 5.74) is 1.34. The van der Waals surface area contributed by atoms with E-state index in [-0.39, 0.29) is 5.91 Å². The van der Waals surface area contributed by atoms with Crippen LogP contribution in [0.4, 0.5) is 0 Å². The molecule has 1 aliphatic carbocycles. The Bertz CT molecular complexity index is 426. The molecule has 1 fully saturated rings. The molecule has 1 aromatic carbocycles. The van der Waals surface area contributed by atoms with Crippen LogP contribution in [0.3, 0.4) is 0 Å². The van der Waals surface area contributed by atoms with Gasteiger partial charge >= 0.3 is 0 Å². The summed E-state index contributed by atoms with van der Waals surface area (Å²) < 4.78 is 0. The molecule has 0 saturated heterocycles. The lowest BCUT2D eigenvalue weighted by molar-refractivity contribution is -0.121. The van der Waals surface area contributed by atoms with E-state index in [0.29, 0.717) is 6.42 Å². The SMILES string of the molecule is CN(CCCNC(=O)CCC1CCCC1)Cc1ccccc1. The van der Waals surface area contributed by atoms with Crippen LogP contribution >= 0.6 is 0 Å². The van der Waals surface area contributed by atoms with Gasteiger partial charge in [0.1, 0.15) is 0 Å². The fourth-order valence-corrected chi connectivity index (χ4v) is 3.27. The molecule has 1 aromatic rings. The summed E-state index contributed by atoms with van der Waals surface area (Å²) in [6.45, 7) is 2.77. The maximum Gasteiger partial charge on any atom is 0.220 e. The van der Waals surface area contributed by atoms with E-state index in [1.807, 2.05) is 6.07 Å². The van der Waals surface area contributed by atoms with Crippen LogP contribution in [-0.2, 0) is 11.3 Å². The number of nitrogens with zero attached hydrogens (tertiary/aromatic N) is 1. The van der Waals surface area contributed by atoms with Gasteiger partial charge in [-0.15, -0.1) is 0 Å². The summed E-state index contributed by atoms with van der Waals surface area (Å²) in [5, 5.41) is 3.06. The molecule has 22 heavy (non-hydrogen) atoms. The van der Waals surface area contributed by atoms with Crippen LogP contribution in [0.1, 0.15) is 50.5 Å². The second kappa shape index (κ2) is 9.62. The summed E-state index contributed by atoms with van der Waals surface area (Å²) in [6, 6.07) is 10.5. The van der Waals surface area contributed by atoms with Crippen LogP contribution in [0.25, 0.3) is 0 Å². The molecule has 122 valence electrons. The Morgan fingerprint density at radius 1 is 1.23 bits per heavy atom. The third kappa shape index (κ3) is 6.61. The first kappa shape index (κ1) is 17.0. The van der Waals surface area contributed by atoms with Gasteiger partial charge in [-0.2, -0.15) is 0 Å². The van der Waals surface area contributed by atoms with Gasteiger partial charge in [0.2, 0.25) is 5.91 Å². The Labute approximate surface area is 135 Å². The molecule has 0 aromatic heterocycles. The molecule has 1 N–H and O–H groups in total. The smallest absolute Gasteiger partial charge is 0.220 e. The van der Waals surface area contributed by atoms with Crippen molar-refractivity contribution in [2.24, 2.45) is 5.92 Å². The Kier molecular flexibility index (Phi) is 7.44. The van der Waals surface area contributed by atoms with Crippen LogP contribution in [0.15, 0.2) is 30.3 Å². The van der Waals surface area contributed by atoms with Gasteiger partial charge in [-0.25, -0.2) is 0 Å². The summed E-state index contributed by atoms with van der Waals surface area (Å²) in [7, 11) is 2.13. The van der Waals surface area contributed by atoms with Crippen molar-refractivity contribution < 1.29 is 4.79 Å².